The standard InChI is InChI=1S/C8H13N3O2/c1-6(7-4-5-13-10-7)9-8(12)11(2)3/h4-6H,1-3H3,(H,9,12). The Hall–Kier alpha value is -1.52. The molecule has 2 amide bonds. The third-order valence-corrected chi connectivity index (χ3v) is 1.65. The topological polar surface area (TPSA) is 58.4 Å². The molecule has 1 aromatic heterocycles. The average Bonchev–Trinajstić information content (AvgIpc) is 2.55. The Balaban J connectivity index is 2.51. The van der Waals surface area contributed by atoms with Gasteiger partial charge in [-0.25, -0.2) is 4.79 Å². The number of hydrogen-bond acceptors (Lipinski definition) is 3. The molecule has 1 unspecified atom stereocenters. The zero-order valence-corrected chi connectivity index (χ0v) is 7.94. The Bertz CT molecular complexity index is 269. The Morgan fingerprint density at radius 3 is 2.85 bits per heavy atom. The van der Waals surface area contributed by atoms with Gasteiger partial charge in [-0.3, -0.25) is 0 Å². The second-order valence-corrected chi connectivity index (χ2v) is 2.99. The summed E-state index contributed by atoms with van der Waals surface area (Å²) in [5.74, 6) is 0. The second kappa shape index (κ2) is 3.93. The first kappa shape index (κ1) is 9.57. The van der Waals surface area contributed by atoms with Gasteiger partial charge >= 0.3 is 6.03 Å². The lowest BCUT2D eigenvalue weighted by Crippen LogP contribution is -2.36. The van der Waals surface area contributed by atoms with Crippen molar-refractivity contribution in [3.8, 4) is 0 Å². The van der Waals surface area contributed by atoms with E-state index < -0.39 is 0 Å². The molecule has 0 radical (unpaired) electrons. The molecule has 0 saturated heterocycles. The predicted octanol–water partition coefficient (Wildman–Crippen LogP) is 1.01. The average molecular weight is 183 g/mol. The van der Waals surface area contributed by atoms with Crippen LogP contribution in [-0.2, 0) is 0 Å². The quantitative estimate of drug-likeness (QED) is 0.744. The molecule has 0 aliphatic carbocycles. The number of nitrogens with one attached hydrogen (secondary N) is 1. The Labute approximate surface area is 76.7 Å². The molecule has 13 heavy (non-hydrogen) atoms. The molecule has 0 fully saturated rings. The van der Waals surface area contributed by atoms with Gasteiger partial charge in [0.1, 0.15) is 12.0 Å². The highest BCUT2D eigenvalue weighted by Gasteiger charge is 2.12. The summed E-state index contributed by atoms with van der Waals surface area (Å²) in [6, 6.07) is 1.45. The molecule has 0 aliphatic rings. The van der Waals surface area contributed by atoms with Crippen LogP contribution in [0.5, 0.6) is 0 Å². The third kappa shape index (κ3) is 2.47. The Morgan fingerprint density at radius 1 is 1.69 bits per heavy atom. The van der Waals surface area contributed by atoms with Crippen molar-refractivity contribution in [1.82, 2.24) is 15.4 Å². The largest absolute Gasteiger partial charge is 0.364 e. The van der Waals surface area contributed by atoms with Gasteiger partial charge in [0.2, 0.25) is 0 Å². The first-order chi connectivity index (χ1) is 6.11. The molecular weight excluding hydrogens is 170 g/mol. The summed E-state index contributed by atoms with van der Waals surface area (Å²) in [6.45, 7) is 1.85. The summed E-state index contributed by atoms with van der Waals surface area (Å²) in [5.41, 5.74) is 0.718. The van der Waals surface area contributed by atoms with Crippen molar-refractivity contribution in [3.63, 3.8) is 0 Å². The van der Waals surface area contributed by atoms with Crippen molar-refractivity contribution in [2.45, 2.75) is 13.0 Å². The number of carbonyl (C=O) groups is 1. The lowest BCUT2D eigenvalue weighted by atomic mass is 10.2. The minimum atomic E-state index is -0.143. The monoisotopic (exact) mass is 183 g/mol. The highest BCUT2D eigenvalue weighted by Crippen LogP contribution is 2.08. The lowest BCUT2D eigenvalue weighted by molar-refractivity contribution is 0.213. The molecule has 1 N–H and O–H groups in total. The van der Waals surface area contributed by atoms with Crippen LogP contribution in [0.2, 0.25) is 0 Å². The number of rotatable bonds is 2. The van der Waals surface area contributed by atoms with Crippen molar-refractivity contribution in [2.75, 3.05) is 14.1 Å². The van der Waals surface area contributed by atoms with Crippen LogP contribution in [0.1, 0.15) is 18.7 Å². The fraction of sp³-hybridized carbons (Fsp3) is 0.500. The van der Waals surface area contributed by atoms with Crippen molar-refractivity contribution >= 4 is 6.03 Å². The smallest absolute Gasteiger partial charge is 0.317 e. The minimum Gasteiger partial charge on any atom is -0.364 e. The van der Waals surface area contributed by atoms with Gasteiger partial charge in [0.15, 0.2) is 0 Å². The van der Waals surface area contributed by atoms with Crippen LogP contribution in [-0.4, -0.2) is 30.2 Å². The van der Waals surface area contributed by atoms with E-state index in [4.69, 9.17) is 0 Å². The molecule has 0 aliphatic heterocycles. The molecule has 0 bridgehead atoms. The maximum absolute atomic E-state index is 11.2. The van der Waals surface area contributed by atoms with E-state index in [1.165, 1.54) is 11.2 Å². The summed E-state index contributed by atoms with van der Waals surface area (Å²) in [4.78, 5) is 12.7. The van der Waals surface area contributed by atoms with Crippen molar-refractivity contribution in [3.05, 3.63) is 18.0 Å². The van der Waals surface area contributed by atoms with Crippen LogP contribution < -0.4 is 5.32 Å². The third-order valence-electron chi connectivity index (χ3n) is 1.65. The fourth-order valence-corrected chi connectivity index (χ4v) is 0.834. The fourth-order valence-electron chi connectivity index (χ4n) is 0.834. The van der Waals surface area contributed by atoms with Gasteiger partial charge < -0.3 is 14.7 Å². The highest BCUT2D eigenvalue weighted by molar-refractivity contribution is 5.73. The zero-order chi connectivity index (χ0) is 9.84. The van der Waals surface area contributed by atoms with E-state index in [1.54, 1.807) is 20.2 Å². The van der Waals surface area contributed by atoms with Gasteiger partial charge in [-0.15, -0.1) is 0 Å². The molecule has 5 nitrogen and oxygen atoms in total. The Morgan fingerprint density at radius 2 is 2.38 bits per heavy atom. The molecule has 1 rings (SSSR count). The highest BCUT2D eigenvalue weighted by atomic mass is 16.5. The molecule has 1 heterocycles. The van der Waals surface area contributed by atoms with Crippen molar-refractivity contribution < 1.29 is 9.32 Å². The van der Waals surface area contributed by atoms with Crippen LogP contribution in [0.25, 0.3) is 0 Å². The first-order valence-corrected chi connectivity index (χ1v) is 3.99. The van der Waals surface area contributed by atoms with E-state index in [9.17, 15) is 4.79 Å². The van der Waals surface area contributed by atoms with Crippen LogP contribution >= 0.6 is 0 Å². The van der Waals surface area contributed by atoms with E-state index in [2.05, 4.69) is 15.0 Å². The summed E-state index contributed by atoms with van der Waals surface area (Å²) in [5, 5.41) is 6.47. The van der Waals surface area contributed by atoms with Crippen LogP contribution in [0, 0.1) is 0 Å². The number of aromatic nitrogens is 1. The molecule has 5 heteroatoms. The molecule has 0 saturated carbocycles. The van der Waals surface area contributed by atoms with E-state index in [1.807, 2.05) is 6.92 Å². The van der Waals surface area contributed by atoms with E-state index in [-0.39, 0.29) is 12.1 Å². The summed E-state index contributed by atoms with van der Waals surface area (Å²) >= 11 is 0. The number of hydrogen-bond donors (Lipinski definition) is 1. The normalized spacial score (nSPS) is 12.2. The number of amides is 2. The zero-order valence-electron chi connectivity index (χ0n) is 7.94. The second-order valence-electron chi connectivity index (χ2n) is 2.99. The van der Waals surface area contributed by atoms with Gasteiger partial charge in [0, 0.05) is 20.2 Å². The van der Waals surface area contributed by atoms with E-state index in [0.717, 1.165) is 5.69 Å². The summed E-state index contributed by atoms with van der Waals surface area (Å²) < 4.78 is 4.66. The van der Waals surface area contributed by atoms with Gasteiger partial charge in [-0.2, -0.15) is 0 Å². The minimum absolute atomic E-state index is 0.131. The molecule has 1 aromatic rings. The molecular formula is C8H13N3O2. The Kier molecular flexibility index (Phi) is 2.89. The van der Waals surface area contributed by atoms with Crippen LogP contribution in [0.4, 0.5) is 4.79 Å². The van der Waals surface area contributed by atoms with Crippen molar-refractivity contribution in [1.29, 1.82) is 0 Å². The summed E-state index contributed by atoms with van der Waals surface area (Å²) in [7, 11) is 3.37. The molecule has 1 atom stereocenters. The molecule has 0 aromatic carbocycles. The molecule has 72 valence electrons. The predicted molar refractivity (Wildman–Crippen MR) is 47.1 cm³/mol. The van der Waals surface area contributed by atoms with Crippen LogP contribution in [0.3, 0.4) is 0 Å². The van der Waals surface area contributed by atoms with Gasteiger partial charge in [-0.1, -0.05) is 5.16 Å². The van der Waals surface area contributed by atoms with Gasteiger partial charge in [0.05, 0.1) is 6.04 Å². The van der Waals surface area contributed by atoms with Gasteiger partial charge in [-0.05, 0) is 6.92 Å². The summed E-state index contributed by atoms with van der Waals surface area (Å²) in [6.07, 6.45) is 1.48. The molecule has 0 spiro atoms. The maximum atomic E-state index is 11.2. The van der Waals surface area contributed by atoms with Gasteiger partial charge in [0.25, 0.3) is 0 Å². The van der Waals surface area contributed by atoms with E-state index in [0.29, 0.717) is 0 Å². The van der Waals surface area contributed by atoms with E-state index >= 15 is 0 Å². The maximum Gasteiger partial charge on any atom is 0.317 e. The van der Waals surface area contributed by atoms with Crippen LogP contribution in [0.15, 0.2) is 16.9 Å². The lowest BCUT2D eigenvalue weighted by Gasteiger charge is -2.15. The SMILES string of the molecule is CC(NC(=O)N(C)C)c1ccon1. The first-order valence-electron chi connectivity index (χ1n) is 3.99. The number of carbonyl (C=O) groups excluding carboxylic acids is 1. The number of nitrogens with zero attached hydrogens (tertiary/aromatic N) is 2. The number of urea groups is 1. The van der Waals surface area contributed by atoms with Crippen molar-refractivity contribution in [2.24, 2.45) is 0 Å².